The monoisotopic (exact) mass is 321 g/mol. The first-order valence-corrected chi connectivity index (χ1v) is 7.55. The van der Waals surface area contributed by atoms with Crippen molar-refractivity contribution in [2.24, 2.45) is 0 Å². The molecule has 0 aromatic carbocycles. The van der Waals surface area contributed by atoms with E-state index in [-0.39, 0.29) is 6.54 Å². The largest absolute Gasteiger partial charge is 0.366 e. The average Bonchev–Trinajstić information content (AvgIpc) is 3.30. The highest BCUT2D eigenvalue weighted by molar-refractivity contribution is 6.29. The third kappa shape index (κ3) is 3.19. The molecule has 2 aromatic rings. The lowest BCUT2D eigenvalue weighted by atomic mass is 10.3. The van der Waals surface area contributed by atoms with Crippen molar-refractivity contribution in [3.63, 3.8) is 0 Å². The Labute approximate surface area is 131 Å². The van der Waals surface area contributed by atoms with E-state index in [0.717, 1.165) is 18.7 Å². The number of aromatic nitrogens is 4. The van der Waals surface area contributed by atoms with Crippen molar-refractivity contribution in [2.45, 2.75) is 38.8 Å². The third-order valence-electron chi connectivity index (χ3n) is 3.54. The second-order valence-corrected chi connectivity index (χ2v) is 5.65. The highest BCUT2D eigenvalue weighted by Crippen LogP contribution is 2.38. The lowest BCUT2D eigenvalue weighted by Gasteiger charge is -2.08. The van der Waals surface area contributed by atoms with Crippen LogP contribution < -0.4 is 16.6 Å². The van der Waals surface area contributed by atoms with Crippen molar-refractivity contribution < 1.29 is 0 Å². The Morgan fingerprint density at radius 3 is 2.86 bits per heavy atom. The fourth-order valence-electron chi connectivity index (χ4n) is 2.15. The van der Waals surface area contributed by atoms with Crippen molar-refractivity contribution in [1.29, 1.82) is 0 Å². The number of aryl methyl sites for hydroxylation is 1. The molecule has 116 valence electrons. The molecule has 3 rings (SSSR count). The van der Waals surface area contributed by atoms with Gasteiger partial charge in [0.2, 0.25) is 0 Å². The van der Waals surface area contributed by atoms with Crippen LogP contribution in [0.25, 0.3) is 0 Å². The minimum atomic E-state index is -0.405. The van der Waals surface area contributed by atoms with E-state index in [4.69, 9.17) is 11.6 Å². The molecule has 1 aliphatic carbocycles. The van der Waals surface area contributed by atoms with Crippen LogP contribution in [0.5, 0.6) is 0 Å². The number of H-pyrrole nitrogens is 1. The maximum absolute atomic E-state index is 11.8. The van der Waals surface area contributed by atoms with Gasteiger partial charge in [-0.15, -0.1) is 0 Å². The molecule has 0 unspecified atom stereocenters. The summed E-state index contributed by atoms with van der Waals surface area (Å²) in [6.45, 7) is 2.59. The van der Waals surface area contributed by atoms with Crippen LogP contribution in [-0.2, 0) is 13.1 Å². The van der Waals surface area contributed by atoms with Gasteiger partial charge < -0.3 is 9.88 Å². The molecule has 22 heavy (non-hydrogen) atoms. The van der Waals surface area contributed by atoms with E-state index < -0.39 is 11.2 Å². The van der Waals surface area contributed by atoms with E-state index in [1.807, 2.05) is 6.92 Å². The van der Waals surface area contributed by atoms with E-state index in [2.05, 4.69) is 20.3 Å². The first-order valence-electron chi connectivity index (χ1n) is 7.18. The Hall–Kier alpha value is -2.15. The molecule has 1 saturated carbocycles. The number of halogens is 1. The molecule has 2 heterocycles. The van der Waals surface area contributed by atoms with Gasteiger partial charge in [0.1, 0.15) is 16.8 Å². The van der Waals surface area contributed by atoms with Gasteiger partial charge in [0.15, 0.2) is 0 Å². The lowest BCUT2D eigenvalue weighted by molar-refractivity contribution is 0.683. The molecular formula is C14H16ClN5O2. The summed E-state index contributed by atoms with van der Waals surface area (Å²) in [7, 11) is 0. The summed E-state index contributed by atoms with van der Waals surface area (Å²) in [5.41, 5.74) is -0.341. The Kier molecular flexibility index (Phi) is 3.98. The summed E-state index contributed by atoms with van der Waals surface area (Å²) in [5, 5.41) is 3.45. The first-order chi connectivity index (χ1) is 10.6. The van der Waals surface area contributed by atoms with Crippen LogP contribution in [0.2, 0.25) is 5.15 Å². The van der Waals surface area contributed by atoms with Gasteiger partial charge >= 0.3 is 5.69 Å². The zero-order valence-electron chi connectivity index (χ0n) is 12.1. The molecule has 2 aromatic heterocycles. The van der Waals surface area contributed by atoms with E-state index in [1.165, 1.54) is 4.57 Å². The van der Waals surface area contributed by atoms with Crippen LogP contribution in [0, 0.1) is 0 Å². The molecule has 7 nitrogen and oxygen atoms in total. The molecule has 2 N–H and O–H groups in total. The molecule has 1 aliphatic rings. The number of anilines is 1. The molecule has 0 saturated heterocycles. The van der Waals surface area contributed by atoms with Gasteiger partial charge in [-0.3, -0.25) is 9.78 Å². The number of hydrogen-bond donors (Lipinski definition) is 2. The molecule has 0 bridgehead atoms. The first kappa shape index (κ1) is 14.8. The number of nitrogens with zero attached hydrogens (tertiary/aromatic N) is 3. The minimum absolute atomic E-state index is 0.257. The van der Waals surface area contributed by atoms with E-state index >= 15 is 0 Å². The molecule has 8 heteroatoms. The summed E-state index contributed by atoms with van der Waals surface area (Å²) in [6.07, 6.45) is 3.72. The third-order valence-corrected chi connectivity index (χ3v) is 3.73. The fraction of sp³-hybridized carbons (Fsp3) is 0.429. The van der Waals surface area contributed by atoms with Crippen molar-refractivity contribution >= 4 is 17.4 Å². The van der Waals surface area contributed by atoms with Gasteiger partial charge in [-0.1, -0.05) is 11.6 Å². The number of rotatable bonds is 5. The maximum Gasteiger partial charge on any atom is 0.328 e. The highest BCUT2D eigenvalue weighted by atomic mass is 35.5. The van der Waals surface area contributed by atoms with E-state index in [1.54, 1.807) is 12.3 Å². The number of hydrogen-bond acceptors (Lipinski definition) is 5. The summed E-state index contributed by atoms with van der Waals surface area (Å²) >= 11 is 6.00. The van der Waals surface area contributed by atoms with Crippen LogP contribution in [-0.4, -0.2) is 19.5 Å². The zero-order chi connectivity index (χ0) is 15.7. The predicted molar refractivity (Wildman–Crippen MR) is 83.3 cm³/mol. The quantitative estimate of drug-likeness (QED) is 0.814. The topological polar surface area (TPSA) is 92.7 Å². The molecule has 0 amide bonds. The van der Waals surface area contributed by atoms with Gasteiger partial charge in [0, 0.05) is 31.3 Å². The Balaban J connectivity index is 1.80. The molecule has 0 atom stereocenters. The standard InChI is InChI=1S/C14H16ClN5O2/c1-2-20-7-9(13(21)19-14(20)22)6-16-11-5-10(15)17-12(18-11)8-3-4-8/h5,7-8H,2-4,6H2,1H3,(H,16,17,18)(H,19,21,22). The zero-order valence-corrected chi connectivity index (χ0v) is 12.9. The van der Waals surface area contributed by atoms with Crippen LogP contribution in [0.1, 0.15) is 37.1 Å². The second kappa shape index (κ2) is 5.92. The van der Waals surface area contributed by atoms with Gasteiger partial charge in [0.05, 0.1) is 5.56 Å². The summed E-state index contributed by atoms with van der Waals surface area (Å²) in [5.74, 6) is 1.71. The molecular weight excluding hydrogens is 306 g/mol. The van der Waals surface area contributed by atoms with E-state index in [9.17, 15) is 9.59 Å². The van der Waals surface area contributed by atoms with Gasteiger partial charge in [0.25, 0.3) is 5.56 Å². The van der Waals surface area contributed by atoms with Crippen molar-refractivity contribution in [1.82, 2.24) is 19.5 Å². The van der Waals surface area contributed by atoms with Crippen molar-refractivity contribution in [2.75, 3.05) is 5.32 Å². The fourth-order valence-corrected chi connectivity index (χ4v) is 2.34. The number of aromatic amines is 1. The Bertz CT molecular complexity index is 810. The van der Waals surface area contributed by atoms with Crippen molar-refractivity contribution in [3.05, 3.63) is 49.6 Å². The van der Waals surface area contributed by atoms with Crippen LogP contribution in [0.4, 0.5) is 5.82 Å². The van der Waals surface area contributed by atoms with Crippen LogP contribution >= 0.6 is 11.6 Å². The van der Waals surface area contributed by atoms with Crippen LogP contribution in [0.3, 0.4) is 0 Å². The molecule has 1 fully saturated rings. The molecule has 0 spiro atoms. The SMILES string of the molecule is CCn1cc(CNc2cc(Cl)nc(C3CC3)n2)c(=O)[nH]c1=O. The number of nitrogens with one attached hydrogen (secondary N) is 2. The summed E-state index contributed by atoms with van der Waals surface area (Å²) in [6, 6.07) is 1.62. The Morgan fingerprint density at radius 2 is 2.18 bits per heavy atom. The maximum atomic E-state index is 11.8. The molecule has 0 aliphatic heterocycles. The second-order valence-electron chi connectivity index (χ2n) is 5.26. The highest BCUT2D eigenvalue weighted by Gasteiger charge is 2.27. The van der Waals surface area contributed by atoms with E-state index in [0.29, 0.717) is 29.0 Å². The van der Waals surface area contributed by atoms with Crippen molar-refractivity contribution in [3.8, 4) is 0 Å². The summed E-state index contributed by atoms with van der Waals surface area (Å²) in [4.78, 5) is 34.3. The normalized spacial score (nSPS) is 14.1. The van der Waals surface area contributed by atoms with Crippen LogP contribution in [0.15, 0.2) is 21.9 Å². The van der Waals surface area contributed by atoms with Gasteiger partial charge in [-0.2, -0.15) is 0 Å². The average molecular weight is 322 g/mol. The minimum Gasteiger partial charge on any atom is -0.366 e. The lowest BCUT2D eigenvalue weighted by Crippen LogP contribution is -2.32. The van der Waals surface area contributed by atoms with Gasteiger partial charge in [-0.25, -0.2) is 14.8 Å². The Morgan fingerprint density at radius 1 is 1.41 bits per heavy atom. The molecule has 0 radical (unpaired) electrons. The summed E-state index contributed by atoms with van der Waals surface area (Å²) < 4.78 is 1.45. The predicted octanol–water partition coefficient (Wildman–Crippen LogP) is 1.49. The smallest absolute Gasteiger partial charge is 0.328 e. The van der Waals surface area contributed by atoms with Gasteiger partial charge in [-0.05, 0) is 19.8 Å².